The number of alkyl halides is 6. The zero-order valence-corrected chi connectivity index (χ0v) is 19.1. The molecule has 0 aliphatic heterocycles. The number of hydrogen-bond donors (Lipinski definition) is 2. The second kappa shape index (κ2) is 10.1. The van der Waals surface area contributed by atoms with Gasteiger partial charge in [0.15, 0.2) is 5.82 Å². The minimum Gasteiger partial charge on any atom is -0.491 e. The average Bonchev–Trinajstić information content (AvgIpc) is 3.11. The molecule has 0 bridgehead atoms. The van der Waals surface area contributed by atoms with Gasteiger partial charge in [0.1, 0.15) is 5.75 Å². The van der Waals surface area contributed by atoms with Gasteiger partial charge in [-0.25, -0.2) is 4.68 Å². The summed E-state index contributed by atoms with van der Waals surface area (Å²) in [5.41, 5.74) is -3.14. The van der Waals surface area contributed by atoms with Crippen molar-refractivity contribution in [2.75, 3.05) is 16.9 Å². The third-order valence-corrected chi connectivity index (χ3v) is 5.28. The Morgan fingerprint density at radius 3 is 2.26 bits per heavy atom. The Bertz CT molecular complexity index is 1180. The molecule has 0 aliphatic carbocycles. The van der Waals surface area contributed by atoms with Crippen molar-refractivity contribution in [3.63, 3.8) is 0 Å². The molecule has 3 rings (SSSR count). The molecule has 1 heterocycles. The van der Waals surface area contributed by atoms with Gasteiger partial charge in [-0.2, -0.15) is 26.3 Å². The maximum atomic E-state index is 13.0. The molecule has 0 radical (unpaired) electrons. The summed E-state index contributed by atoms with van der Waals surface area (Å²) in [6.07, 6.45) is -10.1. The predicted octanol–water partition coefficient (Wildman–Crippen LogP) is 5.21. The van der Waals surface area contributed by atoms with Gasteiger partial charge in [0.2, 0.25) is 11.1 Å². The highest BCUT2D eigenvalue weighted by molar-refractivity contribution is 7.99. The maximum absolute atomic E-state index is 13.0. The molecule has 35 heavy (non-hydrogen) atoms. The highest BCUT2D eigenvalue weighted by Crippen LogP contribution is 2.37. The van der Waals surface area contributed by atoms with Gasteiger partial charge in [-0.15, -0.1) is 10.2 Å². The largest absolute Gasteiger partial charge is 0.491 e. The van der Waals surface area contributed by atoms with Gasteiger partial charge < -0.3 is 15.9 Å². The Hall–Kier alpha value is -3.42. The van der Waals surface area contributed by atoms with E-state index in [4.69, 9.17) is 10.6 Å². The number of carbonyl (C=O) groups is 1. The molecular formula is C21H19F6N5O2S. The highest BCUT2D eigenvalue weighted by Gasteiger charge is 2.37. The highest BCUT2D eigenvalue weighted by atomic mass is 32.2. The van der Waals surface area contributed by atoms with Gasteiger partial charge in [0.05, 0.1) is 23.0 Å². The zero-order valence-electron chi connectivity index (χ0n) is 18.2. The number of nitrogens with one attached hydrogen (secondary N) is 1. The number of amides is 1. The number of benzene rings is 2. The Morgan fingerprint density at radius 1 is 1.06 bits per heavy atom. The van der Waals surface area contributed by atoms with E-state index in [1.807, 2.05) is 19.2 Å². The van der Waals surface area contributed by atoms with Gasteiger partial charge in [0.25, 0.3) is 0 Å². The molecule has 0 aliphatic rings. The molecule has 0 unspecified atom stereocenters. The van der Waals surface area contributed by atoms with Gasteiger partial charge in [-0.1, -0.05) is 23.9 Å². The molecule has 2 aromatic carbocycles. The molecule has 0 saturated heterocycles. The van der Waals surface area contributed by atoms with Crippen LogP contribution in [0.1, 0.15) is 25.0 Å². The van der Waals surface area contributed by atoms with E-state index in [2.05, 4.69) is 10.2 Å². The van der Waals surface area contributed by atoms with Gasteiger partial charge in [0, 0.05) is 11.3 Å². The van der Waals surface area contributed by atoms with Gasteiger partial charge in [-0.05, 0) is 44.2 Å². The Labute approximate surface area is 199 Å². The number of nitrogen functional groups attached to an aromatic ring is 1. The minimum absolute atomic E-state index is 0.0238. The number of anilines is 1. The molecule has 3 aromatic rings. The first-order valence-electron chi connectivity index (χ1n) is 9.93. The van der Waals surface area contributed by atoms with Crippen molar-refractivity contribution in [1.29, 1.82) is 0 Å². The van der Waals surface area contributed by atoms with Crippen LogP contribution < -0.4 is 15.9 Å². The second-order valence-electron chi connectivity index (χ2n) is 7.50. The summed E-state index contributed by atoms with van der Waals surface area (Å²) in [6, 6.07) is 7.71. The summed E-state index contributed by atoms with van der Waals surface area (Å²) < 4.78 is 84.7. The van der Waals surface area contributed by atoms with Crippen LogP contribution in [0, 0.1) is 0 Å². The molecule has 0 saturated carbocycles. The van der Waals surface area contributed by atoms with Crippen LogP contribution in [0.15, 0.2) is 47.6 Å². The van der Waals surface area contributed by atoms with Crippen LogP contribution in [-0.4, -0.2) is 32.6 Å². The predicted molar refractivity (Wildman–Crippen MR) is 117 cm³/mol. The number of aromatic nitrogens is 3. The molecule has 0 atom stereocenters. The van der Waals surface area contributed by atoms with E-state index >= 15 is 0 Å². The summed E-state index contributed by atoms with van der Waals surface area (Å²) in [4.78, 5) is 12.2. The zero-order chi connectivity index (χ0) is 26.0. The summed E-state index contributed by atoms with van der Waals surface area (Å²) in [7, 11) is 0. The molecule has 0 fully saturated rings. The fourth-order valence-corrected chi connectivity index (χ4v) is 3.56. The monoisotopic (exact) mass is 519 g/mol. The van der Waals surface area contributed by atoms with Crippen LogP contribution in [0.25, 0.3) is 11.4 Å². The quantitative estimate of drug-likeness (QED) is 0.253. The van der Waals surface area contributed by atoms with E-state index in [0.717, 1.165) is 16.4 Å². The molecule has 1 aromatic heterocycles. The fourth-order valence-electron chi connectivity index (χ4n) is 2.91. The molecule has 7 nitrogen and oxygen atoms in total. The molecule has 188 valence electrons. The van der Waals surface area contributed by atoms with E-state index in [-0.39, 0.29) is 23.2 Å². The fraction of sp³-hybridized carbons (Fsp3) is 0.286. The van der Waals surface area contributed by atoms with Crippen molar-refractivity contribution in [3.8, 4) is 17.1 Å². The lowest BCUT2D eigenvalue weighted by molar-refractivity contribution is -0.143. The standard InChI is InChI=1S/C21H19F6N5O2S/c1-11(2)34-16-5-3-4-12(6-16)18-30-31-19(32(18)28)35-10-17(33)29-15-8-13(20(22,23)24)7-14(9-15)21(25,26)27/h3-9,11H,10,28H2,1-2H3,(H,29,33). The lowest BCUT2D eigenvalue weighted by Gasteiger charge is -2.14. The number of nitrogens with zero attached hydrogens (tertiary/aromatic N) is 3. The van der Waals surface area contributed by atoms with Crippen molar-refractivity contribution in [2.45, 2.75) is 37.5 Å². The van der Waals surface area contributed by atoms with Crippen LogP contribution in [0.4, 0.5) is 32.0 Å². The first kappa shape index (κ1) is 26.2. The molecule has 1 amide bonds. The lowest BCUT2D eigenvalue weighted by atomic mass is 10.1. The van der Waals surface area contributed by atoms with E-state index in [0.29, 0.717) is 23.4 Å². The third-order valence-electron chi connectivity index (χ3n) is 4.33. The molecule has 14 heteroatoms. The van der Waals surface area contributed by atoms with Crippen molar-refractivity contribution < 1.29 is 35.9 Å². The third kappa shape index (κ3) is 6.81. The number of hydrogen-bond acceptors (Lipinski definition) is 6. The van der Waals surface area contributed by atoms with Crippen molar-refractivity contribution in [2.24, 2.45) is 0 Å². The first-order valence-corrected chi connectivity index (χ1v) is 10.9. The first-order chi connectivity index (χ1) is 16.2. The smallest absolute Gasteiger partial charge is 0.416 e. The summed E-state index contributed by atoms with van der Waals surface area (Å²) >= 11 is 0.801. The normalized spacial score (nSPS) is 12.1. The van der Waals surface area contributed by atoms with Crippen LogP contribution in [-0.2, 0) is 17.1 Å². The van der Waals surface area contributed by atoms with E-state index < -0.39 is 40.8 Å². The lowest BCUT2D eigenvalue weighted by Crippen LogP contribution is -2.18. The Balaban J connectivity index is 1.72. The number of thioether (sulfide) groups is 1. The summed E-state index contributed by atoms with van der Waals surface area (Å²) in [5, 5.41) is 10.0. The van der Waals surface area contributed by atoms with Crippen LogP contribution in [0.2, 0.25) is 0 Å². The molecular weight excluding hydrogens is 500 g/mol. The average molecular weight is 519 g/mol. The summed E-state index contributed by atoms with van der Waals surface area (Å²) in [5.74, 6) is 5.58. The minimum atomic E-state index is -5.03. The Kier molecular flexibility index (Phi) is 7.53. The van der Waals surface area contributed by atoms with Gasteiger partial charge >= 0.3 is 12.4 Å². The number of halogens is 6. The maximum Gasteiger partial charge on any atom is 0.416 e. The molecule has 0 spiro atoms. The SMILES string of the molecule is CC(C)Oc1cccc(-c2nnc(SCC(=O)Nc3cc(C(F)(F)F)cc(C(F)(F)F)c3)n2N)c1. The van der Waals surface area contributed by atoms with E-state index in [1.54, 1.807) is 24.3 Å². The topological polar surface area (TPSA) is 95.1 Å². The number of nitrogens with two attached hydrogens (primary N) is 1. The molecule has 3 N–H and O–H groups in total. The van der Waals surface area contributed by atoms with Crippen LogP contribution >= 0.6 is 11.8 Å². The Morgan fingerprint density at radius 2 is 1.69 bits per heavy atom. The summed E-state index contributed by atoms with van der Waals surface area (Å²) in [6.45, 7) is 3.72. The van der Waals surface area contributed by atoms with Crippen molar-refractivity contribution >= 4 is 23.4 Å². The van der Waals surface area contributed by atoms with Crippen molar-refractivity contribution in [1.82, 2.24) is 14.9 Å². The van der Waals surface area contributed by atoms with Crippen LogP contribution in [0.5, 0.6) is 5.75 Å². The number of ether oxygens (including phenoxy) is 1. The van der Waals surface area contributed by atoms with Crippen LogP contribution in [0.3, 0.4) is 0 Å². The second-order valence-corrected chi connectivity index (χ2v) is 8.44. The van der Waals surface area contributed by atoms with Crippen molar-refractivity contribution in [3.05, 3.63) is 53.6 Å². The van der Waals surface area contributed by atoms with Gasteiger partial charge in [-0.3, -0.25) is 4.79 Å². The number of rotatable bonds is 7. The number of carbonyl (C=O) groups excluding carboxylic acids is 1. The van der Waals surface area contributed by atoms with E-state index in [1.165, 1.54) is 0 Å². The van der Waals surface area contributed by atoms with E-state index in [9.17, 15) is 31.1 Å².